The van der Waals surface area contributed by atoms with E-state index in [4.69, 9.17) is 17.7 Å². The molecule has 0 aliphatic heterocycles. The summed E-state index contributed by atoms with van der Waals surface area (Å²) in [5.74, 6) is -0.268. The van der Waals surface area contributed by atoms with Gasteiger partial charge in [-0.25, -0.2) is 0 Å². The summed E-state index contributed by atoms with van der Waals surface area (Å²) in [6.07, 6.45) is -4.22. The summed E-state index contributed by atoms with van der Waals surface area (Å²) >= 11 is 0. The molecule has 0 aliphatic rings. The first-order chi connectivity index (χ1) is 7.45. The quantitative estimate of drug-likeness (QED) is 0.623. The summed E-state index contributed by atoms with van der Waals surface area (Å²) < 4.78 is 42.6. The predicted octanol–water partition coefficient (Wildman–Crippen LogP) is 1.26. The van der Waals surface area contributed by atoms with Crippen molar-refractivity contribution < 1.29 is 23.0 Å². The molecule has 2 radical (unpaired) electrons. The lowest BCUT2D eigenvalue weighted by Crippen LogP contribution is -2.14. The van der Waals surface area contributed by atoms with E-state index >= 15 is 0 Å². The number of alkyl halides is 3. The van der Waals surface area contributed by atoms with E-state index in [-0.39, 0.29) is 30.8 Å². The molecule has 0 saturated carbocycles. The van der Waals surface area contributed by atoms with E-state index in [2.05, 4.69) is 0 Å². The number of hydrogen-bond acceptors (Lipinski definition) is 2. The summed E-state index contributed by atoms with van der Waals surface area (Å²) in [5, 5.41) is 8.50. The number of rotatable bonds is 4. The highest BCUT2D eigenvalue weighted by Crippen LogP contribution is 2.35. The van der Waals surface area contributed by atoms with Gasteiger partial charge in [0.2, 0.25) is 0 Å². The average Bonchev–Trinajstić information content (AvgIpc) is 2.19. The van der Waals surface area contributed by atoms with Crippen molar-refractivity contribution in [3.8, 4) is 5.75 Å². The number of benzene rings is 1. The summed E-state index contributed by atoms with van der Waals surface area (Å²) in [6.45, 7) is -0.0974. The highest BCUT2D eigenvalue weighted by Gasteiger charge is 2.34. The zero-order chi connectivity index (χ0) is 12.2. The topological polar surface area (TPSA) is 29.5 Å². The van der Waals surface area contributed by atoms with Crippen LogP contribution in [0.1, 0.15) is 12.0 Å². The maximum absolute atomic E-state index is 12.6. The monoisotopic (exact) mass is 230 g/mol. The molecule has 0 heterocycles. The second-order valence-electron chi connectivity index (χ2n) is 3.18. The van der Waals surface area contributed by atoms with Crippen molar-refractivity contribution in [2.24, 2.45) is 0 Å². The molecule has 0 amide bonds. The third-order valence-corrected chi connectivity index (χ3v) is 1.87. The predicted molar refractivity (Wildman–Crippen MR) is 54.0 cm³/mol. The smallest absolute Gasteiger partial charge is 0.419 e. The highest BCUT2D eigenvalue weighted by atomic mass is 19.4. The minimum atomic E-state index is -4.50. The minimum Gasteiger partial charge on any atom is -0.493 e. The maximum atomic E-state index is 12.6. The highest BCUT2D eigenvalue weighted by molar-refractivity contribution is 6.32. The molecule has 0 aromatic heterocycles. The van der Waals surface area contributed by atoms with Crippen molar-refractivity contribution in [3.05, 3.63) is 23.8 Å². The minimum absolute atomic E-state index is 0.0295. The zero-order valence-electron chi connectivity index (χ0n) is 8.42. The van der Waals surface area contributed by atoms with E-state index in [0.717, 1.165) is 6.07 Å². The lowest BCUT2D eigenvalue weighted by Gasteiger charge is -2.14. The third-order valence-electron chi connectivity index (χ3n) is 1.87. The Morgan fingerprint density at radius 3 is 2.56 bits per heavy atom. The molecule has 0 atom stereocenters. The van der Waals surface area contributed by atoms with E-state index in [1.807, 2.05) is 0 Å². The van der Waals surface area contributed by atoms with E-state index in [1.165, 1.54) is 12.1 Å². The van der Waals surface area contributed by atoms with Crippen molar-refractivity contribution in [1.82, 2.24) is 0 Å². The first kappa shape index (κ1) is 12.9. The van der Waals surface area contributed by atoms with Crippen molar-refractivity contribution in [3.63, 3.8) is 0 Å². The van der Waals surface area contributed by atoms with Gasteiger partial charge in [-0.2, -0.15) is 13.2 Å². The van der Waals surface area contributed by atoms with Crippen LogP contribution in [0.4, 0.5) is 13.2 Å². The van der Waals surface area contributed by atoms with Gasteiger partial charge >= 0.3 is 6.18 Å². The Balaban J connectivity index is 2.90. The van der Waals surface area contributed by atoms with Gasteiger partial charge in [-0.15, -0.1) is 0 Å². The largest absolute Gasteiger partial charge is 0.493 e. The number of ether oxygens (including phenoxy) is 1. The SMILES string of the molecule is [B]c1ccc(OCCCO)c(C(F)(F)F)c1. The summed E-state index contributed by atoms with van der Waals surface area (Å²) in [6, 6.07) is 3.34. The second kappa shape index (κ2) is 5.25. The van der Waals surface area contributed by atoms with Crippen LogP contribution in [-0.2, 0) is 6.18 Å². The normalized spacial score (nSPS) is 11.5. The summed E-state index contributed by atoms with van der Waals surface area (Å²) in [5.41, 5.74) is -0.868. The first-order valence-electron chi connectivity index (χ1n) is 4.65. The van der Waals surface area contributed by atoms with Crippen LogP contribution >= 0.6 is 0 Å². The van der Waals surface area contributed by atoms with Crippen molar-refractivity contribution in [1.29, 1.82) is 0 Å². The maximum Gasteiger partial charge on any atom is 0.419 e. The van der Waals surface area contributed by atoms with Gasteiger partial charge < -0.3 is 9.84 Å². The molecule has 1 rings (SSSR count). The molecule has 16 heavy (non-hydrogen) atoms. The Kier molecular flexibility index (Phi) is 4.23. The van der Waals surface area contributed by atoms with Crippen LogP contribution in [-0.4, -0.2) is 26.2 Å². The molecule has 0 saturated heterocycles. The standard InChI is InChI=1S/C10H10BF3O2/c11-7-2-3-9(16-5-1-4-15)8(6-7)10(12,13)14/h2-3,6,15H,1,4-5H2. The Bertz CT molecular complexity index is 352. The van der Waals surface area contributed by atoms with Gasteiger partial charge in [0.05, 0.1) is 12.2 Å². The van der Waals surface area contributed by atoms with Crippen LogP contribution in [0.3, 0.4) is 0 Å². The third kappa shape index (κ3) is 3.45. The van der Waals surface area contributed by atoms with Gasteiger partial charge in [0, 0.05) is 13.0 Å². The summed E-state index contributed by atoms with van der Waals surface area (Å²) in [7, 11) is 5.28. The molecule has 1 N–H and O–H groups in total. The molecule has 2 nitrogen and oxygen atoms in total. The Hall–Kier alpha value is -1.17. The number of aliphatic hydroxyl groups is 1. The molecule has 1 aromatic carbocycles. The molecule has 1 aromatic rings. The molecular formula is C10H10BF3O2. The van der Waals surface area contributed by atoms with Gasteiger partial charge in [0.15, 0.2) is 0 Å². The molecular weight excluding hydrogens is 220 g/mol. The Labute approximate surface area is 92.4 Å². The van der Waals surface area contributed by atoms with Gasteiger partial charge in [0.25, 0.3) is 0 Å². The number of hydrogen-bond donors (Lipinski definition) is 1. The van der Waals surface area contributed by atoms with E-state index in [9.17, 15) is 13.2 Å². The first-order valence-corrected chi connectivity index (χ1v) is 4.65. The van der Waals surface area contributed by atoms with Gasteiger partial charge in [-0.1, -0.05) is 17.6 Å². The number of halogens is 3. The Morgan fingerprint density at radius 2 is 2.00 bits per heavy atom. The van der Waals surface area contributed by atoms with Crippen LogP contribution in [0.5, 0.6) is 5.75 Å². The lowest BCUT2D eigenvalue weighted by atomic mass is 9.94. The van der Waals surface area contributed by atoms with Crippen molar-refractivity contribution in [2.45, 2.75) is 12.6 Å². The van der Waals surface area contributed by atoms with E-state index in [1.54, 1.807) is 0 Å². The van der Waals surface area contributed by atoms with Gasteiger partial charge in [0.1, 0.15) is 13.6 Å². The fourth-order valence-corrected chi connectivity index (χ4v) is 1.14. The van der Waals surface area contributed by atoms with Crippen LogP contribution in [0.2, 0.25) is 0 Å². The van der Waals surface area contributed by atoms with Gasteiger partial charge in [-0.05, 0) is 6.07 Å². The second-order valence-corrected chi connectivity index (χ2v) is 3.18. The lowest BCUT2D eigenvalue weighted by molar-refractivity contribution is -0.138. The van der Waals surface area contributed by atoms with E-state index < -0.39 is 11.7 Å². The number of aliphatic hydroxyl groups excluding tert-OH is 1. The molecule has 0 aliphatic carbocycles. The Morgan fingerprint density at radius 1 is 1.31 bits per heavy atom. The fourth-order valence-electron chi connectivity index (χ4n) is 1.14. The van der Waals surface area contributed by atoms with Crippen LogP contribution < -0.4 is 10.2 Å². The molecule has 0 spiro atoms. The van der Waals surface area contributed by atoms with Crippen molar-refractivity contribution in [2.75, 3.05) is 13.2 Å². The van der Waals surface area contributed by atoms with Crippen molar-refractivity contribution >= 4 is 13.3 Å². The van der Waals surface area contributed by atoms with Gasteiger partial charge in [-0.3, -0.25) is 0 Å². The molecule has 86 valence electrons. The zero-order valence-corrected chi connectivity index (χ0v) is 8.42. The molecule has 0 unspecified atom stereocenters. The molecule has 6 heteroatoms. The van der Waals surface area contributed by atoms with Crippen LogP contribution in [0, 0.1) is 0 Å². The molecule has 0 fully saturated rings. The van der Waals surface area contributed by atoms with Crippen LogP contribution in [0.15, 0.2) is 18.2 Å². The van der Waals surface area contributed by atoms with Crippen LogP contribution in [0.25, 0.3) is 0 Å². The molecule has 0 bridgehead atoms. The van der Waals surface area contributed by atoms with E-state index in [0.29, 0.717) is 0 Å². The average molecular weight is 230 g/mol. The summed E-state index contributed by atoms with van der Waals surface area (Å²) in [4.78, 5) is 0. The fraction of sp³-hybridized carbons (Fsp3) is 0.400.